The molecule has 1 aliphatic heterocycles. The number of benzene rings is 2. The molecule has 2 aromatic rings. The van der Waals surface area contributed by atoms with Crippen LogP contribution >= 0.6 is 0 Å². The summed E-state index contributed by atoms with van der Waals surface area (Å²) in [7, 11) is 3.43. The van der Waals surface area contributed by atoms with E-state index in [0.717, 1.165) is 19.5 Å². The fourth-order valence-corrected chi connectivity index (χ4v) is 4.37. The van der Waals surface area contributed by atoms with Crippen LogP contribution in [0.15, 0.2) is 42.5 Å². The highest BCUT2D eigenvalue weighted by Gasteiger charge is 2.28. The van der Waals surface area contributed by atoms with Gasteiger partial charge in [-0.2, -0.15) is 0 Å². The van der Waals surface area contributed by atoms with E-state index in [2.05, 4.69) is 31.0 Å². The second kappa shape index (κ2) is 12.1. The molecule has 0 aliphatic carbocycles. The molecule has 0 aromatic heterocycles. The monoisotopic (exact) mass is 485 g/mol. The van der Waals surface area contributed by atoms with E-state index in [-0.39, 0.29) is 29.5 Å². The lowest BCUT2D eigenvalue weighted by Crippen LogP contribution is -2.46. The highest BCUT2D eigenvalue weighted by molar-refractivity contribution is 6.05. The van der Waals surface area contributed by atoms with Crippen LogP contribution in [0.2, 0.25) is 0 Å². The molecule has 3 atom stereocenters. The minimum absolute atomic E-state index is 0.0550. The number of methoxy groups -OCH3 is 1. The molecule has 1 aliphatic rings. The molecular formula is C27H36FN3O4. The van der Waals surface area contributed by atoms with E-state index in [0.29, 0.717) is 30.2 Å². The Kier molecular flexibility index (Phi) is 9.23. The number of nitrogens with one attached hydrogen (secondary N) is 1. The van der Waals surface area contributed by atoms with Crippen LogP contribution in [0.25, 0.3) is 0 Å². The Bertz CT molecular complexity index is 1030. The summed E-state index contributed by atoms with van der Waals surface area (Å²) >= 11 is 0. The van der Waals surface area contributed by atoms with Gasteiger partial charge >= 0.3 is 0 Å². The largest absolute Gasteiger partial charge is 0.491 e. The maximum absolute atomic E-state index is 14.0. The van der Waals surface area contributed by atoms with Crippen molar-refractivity contribution in [1.82, 2.24) is 9.80 Å². The number of carbonyl (C=O) groups excluding carboxylic acids is 2. The highest BCUT2D eigenvalue weighted by Crippen LogP contribution is 2.27. The number of amides is 2. The number of hydrogen-bond donors (Lipinski definition) is 1. The summed E-state index contributed by atoms with van der Waals surface area (Å²) in [5.41, 5.74) is 0.760. The van der Waals surface area contributed by atoms with Crippen molar-refractivity contribution in [2.75, 3.05) is 45.7 Å². The molecule has 8 heteroatoms. The van der Waals surface area contributed by atoms with Crippen molar-refractivity contribution < 1.29 is 23.5 Å². The van der Waals surface area contributed by atoms with E-state index >= 15 is 0 Å². The summed E-state index contributed by atoms with van der Waals surface area (Å²) in [5, 5.41) is 2.71. The van der Waals surface area contributed by atoms with Gasteiger partial charge in [0.05, 0.1) is 17.2 Å². The zero-order chi connectivity index (χ0) is 25.5. The molecule has 190 valence electrons. The summed E-state index contributed by atoms with van der Waals surface area (Å²) in [6.07, 6.45) is 0.897. The standard InChI is InChI=1S/C27H36FN3O4/c1-6-13-31-15-18(2)25(34-5)16-30(4)27(33)22-12-11-20(14-24(22)35-17-19(31)3)29-26(32)21-9-7-8-10-23(21)28/h7-12,14,18-19,25H,6,13,15-17H2,1-5H3,(H,29,32)/t18-,19-,25-/m1/s1. The lowest BCUT2D eigenvalue weighted by molar-refractivity contribution is 0.0108. The number of anilines is 1. The van der Waals surface area contributed by atoms with Crippen LogP contribution in [0.3, 0.4) is 0 Å². The number of halogens is 1. The molecule has 7 nitrogen and oxygen atoms in total. The predicted molar refractivity (Wildman–Crippen MR) is 135 cm³/mol. The molecule has 0 saturated carbocycles. The van der Waals surface area contributed by atoms with Gasteiger partial charge in [0.1, 0.15) is 18.2 Å². The first-order valence-electron chi connectivity index (χ1n) is 12.1. The number of nitrogens with zero attached hydrogens (tertiary/aromatic N) is 2. The third-order valence-corrected chi connectivity index (χ3v) is 6.46. The molecule has 0 saturated heterocycles. The molecule has 1 heterocycles. The Morgan fingerprint density at radius 1 is 1.20 bits per heavy atom. The Morgan fingerprint density at radius 2 is 1.94 bits per heavy atom. The van der Waals surface area contributed by atoms with Crippen LogP contribution in [0.4, 0.5) is 10.1 Å². The van der Waals surface area contributed by atoms with Crippen LogP contribution in [0.1, 0.15) is 47.9 Å². The summed E-state index contributed by atoms with van der Waals surface area (Å²) in [6, 6.07) is 10.8. The molecule has 0 radical (unpaired) electrons. The smallest absolute Gasteiger partial charge is 0.258 e. The lowest BCUT2D eigenvalue weighted by Gasteiger charge is -2.35. The quantitative estimate of drug-likeness (QED) is 0.684. The van der Waals surface area contributed by atoms with Crippen molar-refractivity contribution in [2.45, 2.75) is 39.3 Å². The van der Waals surface area contributed by atoms with Crippen molar-refractivity contribution in [3.8, 4) is 5.75 Å². The van der Waals surface area contributed by atoms with Gasteiger partial charge in [0.25, 0.3) is 11.8 Å². The van der Waals surface area contributed by atoms with Gasteiger partial charge in [-0.15, -0.1) is 0 Å². The maximum atomic E-state index is 14.0. The molecule has 0 fully saturated rings. The van der Waals surface area contributed by atoms with Gasteiger partial charge in [0.15, 0.2) is 0 Å². The van der Waals surface area contributed by atoms with Crippen molar-refractivity contribution >= 4 is 17.5 Å². The number of likely N-dealkylation sites (N-methyl/N-ethyl adjacent to an activating group) is 1. The Labute approximate surface area is 207 Å². The first-order valence-corrected chi connectivity index (χ1v) is 12.1. The van der Waals surface area contributed by atoms with Gasteiger partial charge in [-0.1, -0.05) is 26.0 Å². The maximum Gasteiger partial charge on any atom is 0.258 e. The fourth-order valence-electron chi connectivity index (χ4n) is 4.37. The third kappa shape index (κ3) is 6.58. The van der Waals surface area contributed by atoms with Crippen molar-refractivity contribution in [3.05, 3.63) is 59.4 Å². The van der Waals surface area contributed by atoms with Crippen LogP contribution in [-0.2, 0) is 4.74 Å². The second-order valence-electron chi connectivity index (χ2n) is 9.24. The van der Waals surface area contributed by atoms with E-state index in [4.69, 9.17) is 9.47 Å². The van der Waals surface area contributed by atoms with Gasteiger partial charge in [-0.25, -0.2) is 4.39 Å². The lowest BCUT2D eigenvalue weighted by atomic mass is 10.0. The third-order valence-electron chi connectivity index (χ3n) is 6.46. The van der Waals surface area contributed by atoms with Crippen molar-refractivity contribution in [1.29, 1.82) is 0 Å². The zero-order valence-electron chi connectivity index (χ0n) is 21.2. The number of rotatable bonds is 5. The van der Waals surface area contributed by atoms with Crippen molar-refractivity contribution in [2.24, 2.45) is 5.92 Å². The zero-order valence-corrected chi connectivity index (χ0v) is 21.2. The highest BCUT2D eigenvalue weighted by atomic mass is 19.1. The van der Waals surface area contributed by atoms with Crippen LogP contribution in [-0.4, -0.2) is 74.2 Å². The SMILES string of the molecule is CCCN1C[C@@H](C)[C@H](OC)CN(C)C(=O)c2ccc(NC(=O)c3ccccc3F)cc2OC[C@H]1C. The van der Waals surface area contributed by atoms with E-state index < -0.39 is 11.7 Å². The first-order chi connectivity index (χ1) is 16.7. The molecular weight excluding hydrogens is 449 g/mol. The minimum atomic E-state index is -0.601. The number of fused-ring (bicyclic) bond motifs is 1. The molecule has 2 aromatic carbocycles. The summed E-state index contributed by atoms with van der Waals surface area (Å²) < 4.78 is 26.0. The van der Waals surface area contributed by atoms with Gasteiger partial charge < -0.3 is 19.7 Å². The Balaban J connectivity index is 1.92. The summed E-state index contributed by atoms with van der Waals surface area (Å²) in [6.45, 7) is 8.96. The molecule has 0 unspecified atom stereocenters. The van der Waals surface area contributed by atoms with E-state index in [1.165, 1.54) is 18.2 Å². The molecule has 3 rings (SSSR count). The average molecular weight is 486 g/mol. The second-order valence-corrected chi connectivity index (χ2v) is 9.24. The van der Waals surface area contributed by atoms with E-state index in [1.807, 2.05) is 0 Å². The molecule has 0 bridgehead atoms. The number of ether oxygens (including phenoxy) is 2. The summed E-state index contributed by atoms with van der Waals surface area (Å²) in [5.74, 6) is -0.770. The topological polar surface area (TPSA) is 71.1 Å². The number of hydrogen-bond acceptors (Lipinski definition) is 5. The van der Waals surface area contributed by atoms with Crippen LogP contribution < -0.4 is 10.1 Å². The van der Waals surface area contributed by atoms with E-state index in [9.17, 15) is 14.0 Å². The Morgan fingerprint density at radius 3 is 2.63 bits per heavy atom. The minimum Gasteiger partial charge on any atom is -0.491 e. The van der Waals surface area contributed by atoms with Gasteiger partial charge in [-0.3, -0.25) is 14.5 Å². The van der Waals surface area contributed by atoms with Crippen molar-refractivity contribution in [3.63, 3.8) is 0 Å². The molecule has 2 amide bonds. The first kappa shape index (κ1) is 26.6. The molecule has 1 N–H and O–H groups in total. The molecule has 0 spiro atoms. The van der Waals surface area contributed by atoms with Gasteiger partial charge in [0.2, 0.25) is 0 Å². The van der Waals surface area contributed by atoms with Crippen LogP contribution in [0, 0.1) is 11.7 Å². The van der Waals surface area contributed by atoms with Gasteiger partial charge in [0, 0.05) is 45.0 Å². The normalized spacial score (nSPS) is 21.9. The average Bonchev–Trinajstić information content (AvgIpc) is 2.84. The fraction of sp³-hybridized carbons (Fsp3) is 0.481. The number of carbonyl (C=O) groups is 2. The predicted octanol–water partition coefficient (Wildman–Crippen LogP) is 4.29. The molecule has 35 heavy (non-hydrogen) atoms. The van der Waals surface area contributed by atoms with Crippen LogP contribution in [0.5, 0.6) is 5.75 Å². The van der Waals surface area contributed by atoms with E-state index in [1.54, 1.807) is 43.3 Å². The van der Waals surface area contributed by atoms with Gasteiger partial charge in [-0.05, 0) is 50.1 Å². The summed E-state index contributed by atoms with van der Waals surface area (Å²) in [4.78, 5) is 29.9. The Hall–Kier alpha value is -2.97.